The Hall–Kier alpha value is -2.71. The number of hydrogen-bond donors (Lipinski definition) is 1. The lowest BCUT2D eigenvalue weighted by Gasteiger charge is -2.14. The molecule has 1 aliphatic carbocycles. The second-order valence-corrected chi connectivity index (χ2v) is 9.61. The largest absolute Gasteiger partial charge is 0.493 e. The van der Waals surface area contributed by atoms with Crippen molar-refractivity contribution in [1.29, 1.82) is 0 Å². The fraction of sp³-hybridized carbons (Fsp3) is 0.250. The number of halogens is 2. The summed E-state index contributed by atoms with van der Waals surface area (Å²) in [5.41, 5.74) is 2.19. The number of methoxy groups -OCH3 is 1. The van der Waals surface area contributed by atoms with Crippen LogP contribution in [0, 0.1) is 5.82 Å². The summed E-state index contributed by atoms with van der Waals surface area (Å²) in [6, 6.07) is 10.1. The molecule has 164 valence electrons. The Bertz CT molecular complexity index is 1380. The zero-order chi connectivity index (χ0) is 22.2. The molecule has 8 heteroatoms. The van der Waals surface area contributed by atoms with Crippen molar-refractivity contribution in [3.8, 4) is 22.9 Å². The van der Waals surface area contributed by atoms with Crippen molar-refractivity contribution in [2.75, 3.05) is 7.11 Å². The summed E-state index contributed by atoms with van der Waals surface area (Å²) < 4.78 is 26.0. The number of aryl methyl sites for hydroxylation is 2. The predicted molar refractivity (Wildman–Crippen MR) is 127 cm³/mol. The fourth-order valence-corrected chi connectivity index (χ4v) is 5.88. The summed E-state index contributed by atoms with van der Waals surface area (Å²) in [5, 5.41) is 0.726. The first-order valence-corrected chi connectivity index (χ1v) is 11.9. The van der Waals surface area contributed by atoms with Crippen LogP contribution in [0.1, 0.15) is 28.8 Å². The van der Waals surface area contributed by atoms with Gasteiger partial charge in [0.1, 0.15) is 23.1 Å². The van der Waals surface area contributed by atoms with E-state index in [2.05, 4.69) is 20.9 Å². The molecule has 0 amide bonds. The van der Waals surface area contributed by atoms with Gasteiger partial charge in [-0.3, -0.25) is 4.79 Å². The van der Waals surface area contributed by atoms with Gasteiger partial charge in [-0.2, -0.15) is 0 Å². The Balaban J connectivity index is 1.52. The molecule has 0 radical (unpaired) electrons. The van der Waals surface area contributed by atoms with Crippen LogP contribution < -0.4 is 15.0 Å². The van der Waals surface area contributed by atoms with E-state index in [1.807, 2.05) is 6.07 Å². The van der Waals surface area contributed by atoms with Crippen molar-refractivity contribution in [2.45, 2.75) is 32.3 Å². The highest BCUT2D eigenvalue weighted by Gasteiger charge is 2.21. The van der Waals surface area contributed by atoms with E-state index in [0.717, 1.165) is 41.5 Å². The molecule has 4 aromatic rings. The molecule has 0 spiro atoms. The maximum absolute atomic E-state index is 13.9. The van der Waals surface area contributed by atoms with E-state index in [0.29, 0.717) is 32.9 Å². The standard InChI is InChI=1S/C24H20BrFN2O3S/c1-30-18-11-14(10-16(25)21(18)31-12-13-6-2-4-8-17(13)26)22-27-23(29)20-15-7-3-5-9-19(15)32-24(20)28-22/h2,4,6,8,10-11H,3,5,7,9,12H2,1H3,(H,27,28,29). The Morgan fingerprint density at radius 2 is 2.03 bits per heavy atom. The molecular formula is C24H20BrFN2O3S. The van der Waals surface area contributed by atoms with E-state index >= 15 is 0 Å². The maximum Gasteiger partial charge on any atom is 0.260 e. The van der Waals surface area contributed by atoms with Crippen LogP contribution in [0.25, 0.3) is 21.6 Å². The second kappa shape index (κ2) is 8.67. The molecule has 0 unspecified atom stereocenters. The SMILES string of the molecule is COc1cc(-c2nc3sc4c(c3c(=O)[nH]2)CCCC4)cc(Br)c1OCc1ccccc1F. The van der Waals surface area contributed by atoms with Crippen molar-refractivity contribution < 1.29 is 13.9 Å². The first-order valence-electron chi connectivity index (χ1n) is 10.3. The molecule has 1 aliphatic rings. The summed E-state index contributed by atoms with van der Waals surface area (Å²) in [5.74, 6) is 1.06. The van der Waals surface area contributed by atoms with Gasteiger partial charge < -0.3 is 14.5 Å². The van der Waals surface area contributed by atoms with E-state index < -0.39 is 0 Å². The zero-order valence-corrected chi connectivity index (χ0v) is 19.7. The molecule has 0 saturated heterocycles. The number of hydrogen-bond acceptors (Lipinski definition) is 5. The van der Waals surface area contributed by atoms with Crippen molar-refractivity contribution in [3.63, 3.8) is 0 Å². The minimum absolute atomic E-state index is 0.0583. The number of fused-ring (bicyclic) bond motifs is 3. The lowest BCUT2D eigenvalue weighted by Crippen LogP contribution is -2.11. The van der Waals surface area contributed by atoms with Gasteiger partial charge in [-0.15, -0.1) is 11.3 Å². The van der Waals surface area contributed by atoms with Gasteiger partial charge in [0.25, 0.3) is 5.56 Å². The number of H-pyrrole nitrogens is 1. The average molecular weight is 515 g/mol. The molecule has 0 bridgehead atoms. The molecule has 2 aromatic heterocycles. The summed E-state index contributed by atoms with van der Waals surface area (Å²) in [4.78, 5) is 22.7. The highest BCUT2D eigenvalue weighted by molar-refractivity contribution is 9.10. The van der Waals surface area contributed by atoms with Gasteiger partial charge in [-0.05, 0) is 65.4 Å². The maximum atomic E-state index is 13.9. The van der Waals surface area contributed by atoms with Crippen molar-refractivity contribution in [2.24, 2.45) is 0 Å². The van der Waals surface area contributed by atoms with Crippen LogP contribution in [-0.4, -0.2) is 17.1 Å². The van der Waals surface area contributed by atoms with E-state index in [4.69, 9.17) is 14.5 Å². The van der Waals surface area contributed by atoms with Crippen molar-refractivity contribution >= 4 is 37.5 Å². The lowest BCUT2D eigenvalue weighted by atomic mass is 9.97. The second-order valence-electron chi connectivity index (χ2n) is 7.68. The first kappa shape index (κ1) is 21.2. The molecule has 0 atom stereocenters. The van der Waals surface area contributed by atoms with Crippen LogP contribution in [0.4, 0.5) is 4.39 Å². The van der Waals surface area contributed by atoms with Crippen LogP contribution in [-0.2, 0) is 19.4 Å². The number of benzene rings is 2. The van der Waals surface area contributed by atoms with Gasteiger partial charge in [0, 0.05) is 16.0 Å². The van der Waals surface area contributed by atoms with Crippen LogP contribution in [0.15, 0.2) is 45.7 Å². The monoisotopic (exact) mass is 514 g/mol. The van der Waals surface area contributed by atoms with E-state index in [-0.39, 0.29) is 18.0 Å². The number of nitrogens with zero attached hydrogens (tertiary/aromatic N) is 1. The van der Waals surface area contributed by atoms with Gasteiger partial charge in [0.05, 0.1) is 17.0 Å². The highest BCUT2D eigenvalue weighted by Crippen LogP contribution is 2.40. The van der Waals surface area contributed by atoms with Crippen LogP contribution in [0.2, 0.25) is 0 Å². The highest BCUT2D eigenvalue weighted by atomic mass is 79.9. The topological polar surface area (TPSA) is 64.2 Å². The summed E-state index contributed by atoms with van der Waals surface area (Å²) in [6.45, 7) is 0.0583. The molecule has 32 heavy (non-hydrogen) atoms. The van der Waals surface area contributed by atoms with E-state index in [1.165, 1.54) is 18.1 Å². The van der Waals surface area contributed by atoms with Gasteiger partial charge in [0.15, 0.2) is 11.5 Å². The normalized spacial score (nSPS) is 13.2. The summed E-state index contributed by atoms with van der Waals surface area (Å²) in [6.07, 6.45) is 4.22. The Morgan fingerprint density at radius 1 is 1.22 bits per heavy atom. The molecule has 0 saturated carbocycles. The summed E-state index contributed by atoms with van der Waals surface area (Å²) >= 11 is 5.14. The van der Waals surface area contributed by atoms with Gasteiger partial charge in [-0.1, -0.05) is 18.2 Å². The van der Waals surface area contributed by atoms with Crippen LogP contribution in [0.3, 0.4) is 0 Å². The molecule has 5 nitrogen and oxygen atoms in total. The van der Waals surface area contributed by atoms with Crippen molar-refractivity contribution in [1.82, 2.24) is 9.97 Å². The third-order valence-electron chi connectivity index (χ3n) is 5.66. The molecule has 0 fully saturated rings. The van der Waals surface area contributed by atoms with E-state index in [9.17, 15) is 9.18 Å². The van der Waals surface area contributed by atoms with Crippen LogP contribution in [0.5, 0.6) is 11.5 Å². The van der Waals surface area contributed by atoms with Gasteiger partial charge in [-0.25, -0.2) is 9.37 Å². The minimum atomic E-state index is -0.326. The number of aromatic amines is 1. The quantitative estimate of drug-likeness (QED) is 0.353. The fourth-order valence-electron chi connectivity index (χ4n) is 4.06. The first-order chi connectivity index (χ1) is 15.5. The molecule has 0 aliphatic heterocycles. The number of nitrogens with one attached hydrogen (secondary N) is 1. The Kier molecular flexibility index (Phi) is 5.73. The van der Waals surface area contributed by atoms with Crippen molar-refractivity contribution in [3.05, 3.63) is 73.0 Å². The van der Waals surface area contributed by atoms with Gasteiger partial charge >= 0.3 is 0 Å². The third kappa shape index (κ3) is 3.82. The lowest BCUT2D eigenvalue weighted by molar-refractivity contribution is 0.278. The predicted octanol–water partition coefficient (Wildman–Crippen LogP) is 6.02. The number of thiophene rings is 1. The molecule has 5 rings (SSSR count). The summed E-state index contributed by atoms with van der Waals surface area (Å²) in [7, 11) is 1.54. The Labute approximate surface area is 196 Å². The number of rotatable bonds is 5. The Morgan fingerprint density at radius 3 is 2.84 bits per heavy atom. The number of aromatic nitrogens is 2. The third-order valence-corrected chi connectivity index (χ3v) is 7.43. The number of ether oxygens (including phenoxy) is 2. The van der Waals surface area contributed by atoms with E-state index in [1.54, 1.807) is 35.6 Å². The van der Waals surface area contributed by atoms with Crippen LogP contribution >= 0.6 is 27.3 Å². The average Bonchev–Trinajstić information content (AvgIpc) is 3.17. The molecule has 1 N–H and O–H groups in total. The molecular weight excluding hydrogens is 495 g/mol. The minimum Gasteiger partial charge on any atom is -0.493 e. The zero-order valence-electron chi connectivity index (χ0n) is 17.3. The molecule has 2 aromatic carbocycles. The van der Waals surface area contributed by atoms with Gasteiger partial charge in [0.2, 0.25) is 0 Å². The smallest absolute Gasteiger partial charge is 0.260 e. The molecule has 2 heterocycles.